The third kappa shape index (κ3) is 3.11. The number of rotatable bonds is 2. The van der Waals surface area contributed by atoms with Crippen LogP contribution in [0.2, 0.25) is 15.1 Å². The lowest BCUT2D eigenvalue weighted by molar-refractivity contribution is -0.119. The number of nitrogens with two attached hydrogens (primary N) is 1. The zero-order chi connectivity index (χ0) is 19.1. The van der Waals surface area contributed by atoms with E-state index >= 15 is 0 Å². The summed E-state index contributed by atoms with van der Waals surface area (Å²) in [7, 11) is 0. The summed E-state index contributed by atoms with van der Waals surface area (Å²) < 4.78 is 0. The van der Waals surface area contributed by atoms with Crippen molar-refractivity contribution in [2.75, 3.05) is 4.90 Å². The van der Waals surface area contributed by atoms with Gasteiger partial charge in [0.25, 0.3) is 0 Å². The van der Waals surface area contributed by atoms with E-state index in [4.69, 9.17) is 40.5 Å². The van der Waals surface area contributed by atoms with Gasteiger partial charge in [0.2, 0.25) is 5.91 Å². The minimum Gasteiger partial charge on any atom is -0.320 e. The van der Waals surface area contributed by atoms with Crippen molar-refractivity contribution < 1.29 is 4.79 Å². The predicted molar refractivity (Wildman–Crippen MR) is 112 cm³/mol. The number of anilines is 2. The highest BCUT2D eigenvalue weighted by molar-refractivity contribution is 6.40. The van der Waals surface area contributed by atoms with E-state index < -0.39 is 6.04 Å². The number of amides is 1. The summed E-state index contributed by atoms with van der Waals surface area (Å²) in [6, 6.07) is 17.8. The van der Waals surface area contributed by atoms with Gasteiger partial charge in [-0.2, -0.15) is 0 Å². The van der Waals surface area contributed by atoms with Crippen molar-refractivity contribution in [3.63, 3.8) is 0 Å². The molecule has 1 aliphatic heterocycles. The number of carbonyl (C=O) groups is 1. The number of carbonyl (C=O) groups excluding carboxylic acids is 1. The Balaban J connectivity index is 1.98. The number of nitrogens with zero attached hydrogens (tertiary/aromatic N) is 1. The van der Waals surface area contributed by atoms with Gasteiger partial charge in [0, 0.05) is 10.6 Å². The fraction of sp³-hybridized carbons (Fsp3) is 0.0952. The molecule has 1 atom stereocenters. The Kier molecular flexibility index (Phi) is 4.87. The number of fused-ring (bicyclic) bond motifs is 1. The van der Waals surface area contributed by atoms with Crippen molar-refractivity contribution in [1.29, 1.82) is 0 Å². The largest absolute Gasteiger partial charge is 0.320 e. The summed E-state index contributed by atoms with van der Waals surface area (Å²) in [6.45, 7) is 0. The summed E-state index contributed by atoms with van der Waals surface area (Å²) in [5.41, 5.74) is 10.1. The zero-order valence-corrected chi connectivity index (χ0v) is 16.4. The molecule has 0 saturated carbocycles. The van der Waals surface area contributed by atoms with Crippen LogP contribution >= 0.6 is 34.8 Å². The SMILES string of the molecule is NC1Cc2c(-c3ccccc3Cl)cccc2N(c2c(Cl)cccc2Cl)C1=O. The molecule has 0 spiro atoms. The lowest BCUT2D eigenvalue weighted by Gasteiger charge is -2.35. The highest BCUT2D eigenvalue weighted by Gasteiger charge is 2.35. The molecule has 0 radical (unpaired) electrons. The second kappa shape index (κ2) is 7.17. The lowest BCUT2D eigenvalue weighted by atomic mass is 9.89. The highest BCUT2D eigenvalue weighted by Crippen LogP contribution is 2.44. The molecule has 0 bridgehead atoms. The van der Waals surface area contributed by atoms with Crippen LogP contribution in [-0.2, 0) is 11.2 Å². The van der Waals surface area contributed by atoms with Gasteiger partial charge in [-0.3, -0.25) is 9.69 Å². The summed E-state index contributed by atoms with van der Waals surface area (Å²) in [5, 5.41) is 1.41. The number of benzene rings is 3. The van der Waals surface area contributed by atoms with Crippen molar-refractivity contribution in [3.05, 3.63) is 81.3 Å². The van der Waals surface area contributed by atoms with Gasteiger partial charge >= 0.3 is 0 Å². The summed E-state index contributed by atoms with van der Waals surface area (Å²) in [4.78, 5) is 14.5. The molecule has 0 fully saturated rings. The first-order valence-corrected chi connectivity index (χ1v) is 9.52. The van der Waals surface area contributed by atoms with Crippen LogP contribution in [0.25, 0.3) is 11.1 Å². The fourth-order valence-corrected chi connectivity index (χ4v) is 4.26. The van der Waals surface area contributed by atoms with Crippen LogP contribution in [-0.4, -0.2) is 11.9 Å². The molecule has 0 aliphatic carbocycles. The average Bonchev–Trinajstić information content (AvgIpc) is 2.65. The van der Waals surface area contributed by atoms with E-state index in [1.54, 1.807) is 18.2 Å². The Bertz CT molecular complexity index is 1030. The lowest BCUT2D eigenvalue weighted by Crippen LogP contribution is -2.47. The maximum Gasteiger partial charge on any atom is 0.248 e. The molecule has 1 aliphatic rings. The third-order valence-corrected chi connectivity index (χ3v) is 5.62. The van der Waals surface area contributed by atoms with E-state index in [9.17, 15) is 4.79 Å². The van der Waals surface area contributed by atoms with E-state index in [0.29, 0.717) is 32.9 Å². The van der Waals surface area contributed by atoms with E-state index in [-0.39, 0.29) is 5.91 Å². The van der Waals surface area contributed by atoms with Gasteiger partial charge in [0.1, 0.15) is 0 Å². The number of para-hydroxylation sites is 1. The van der Waals surface area contributed by atoms with Gasteiger partial charge in [0.15, 0.2) is 0 Å². The molecule has 3 nitrogen and oxygen atoms in total. The maximum atomic E-state index is 13.0. The van der Waals surface area contributed by atoms with Crippen LogP contribution in [0.3, 0.4) is 0 Å². The standard InChI is InChI=1S/C21H15Cl3N2O/c22-15-7-2-1-5-13(15)12-6-3-10-19-14(12)11-18(25)21(27)26(19)20-16(23)8-4-9-17(20)24/h1-10,18H,11,25H2. The van der Waals surface area contributed by atoms with E-state index in [2.05, 4.69) is 0 Å². The first-order chi connectivity index (χ1) is 13.0. The second-order valence-electron chi connectivity index (χ2n) is 6.34. The molecule has 0 saturated heterocycles. The smallest absolute Gasteiger partial charge is 0.248 e. The van der Waals surface area contributed by atoms with Gasteiger partial charge < -0.3 is 5.73 Å². The topological polar surface area (TPSA) is 46.3 Å². The van der Waals surface area contributed by atoms with Crippen LogP contribution in [0.15, 0.2) is 60.7 Å². The van der Waals surface area contributed by atoms with Crippen molar-refractivity contribution in [2.24, 2.45) is 5.73 Å². The molecule has 1 heterocycles. The normalized spacial score (nSPS) is 16.4. The van der Waals surface area contributed by atoms with Crippen LogP contribution in [0.1, 0.15) is 5.56 Å². The molecule has 3 aromatic carbocycles. The fourth-order valence-electron chi connectivity index (χ4n) is 3.46. The monoisotopic (exact) mass is 416 g/mol. The first-order valence-electron chi connectivity index (χ1n) is 8.39. The van der Waals surface area contributed by atoms with Gasteiger partial charge in [0.05, 0.1) is 27.5 Å². The highest BCUT2D eigenvalue weighted by atomic mass is 35.5. The Morgan fingerprint density at radius 1 is 0.815 bits per heavy atom. The molecule has 3 aromatic rings. The van der Waals surface area contributed by atoms with Gasteiger partial charge in [-0.1, -0.05) is 71.2 Å². The molecule has 27 heavy (non-hydrogen) atoms. The van der Waals surface area contributed by atoms with E-state index in [0.717, 1.165) is 16.7 Å². The van der Waals surface area contributed by atoms with Gasteiger partial charge in [-0.05, 0) is 41.8 Å². The Morgan fingerprint density at radius 3 is 2.11 bits per heavy atom. The van der Waals surface area contributed by atoms with Crippen LogP contribution in [0, 0.1) is 0 Å². The van der Waals surface area contributed by atoms with Crippen molar-refractivity contribution in [1.82, 2.24) is 0 Å². The number of hydrogen-bond acceptors (Lipinski definition) is 2. The zero-order valence-electron chi connectivity index (χ0n) is 14.1. The maximum absolute atomic E-state index is 13.0. The molecule has 4 rings (SSSR count). The number of hydrogen-bond donors (Lipinski definition) is 1. The Hall–Kier alpha value is -2.04. The molecule has 1 unspecified atom stereocenters. The predicted octanol–water partition coefficient (Wildman–Crippen LogP) is 5.86. The molecule has 1 amide bonds. The van der Waals surface area contributed by atoms with Gasteiger partial charge in [-0.25, -0.2) is 0 Å². The van der Waals surface area contributed by atoms with Crippen molar-refractivity contribution >= 4 is 52.1 Å². The Morgan fingerprint density at radius 2 is 1.41 bits per heavy atom. The molecule has 136 valence electrons. The molecule has 6 heteroatoms. The summed E-state index contributed by atoms with van der Waals surface area (Å²) in [5.74, 6) is -0.242. The average molecular weight is 418 g/mol. The van der Waals surface area contributed by atoms with E-state index in [1.807, 2.05) is 42.5 Å². The molecular weight excluding hydrogens is 403 g/mol. The minimum atomic E-state index is -0.700. The van der Waals surface area contributed by atoms with Gasteiger partial charge in [-0.15, -0.1) is 0 Å². The molecule has 0 aromatic heterocycles. The van der Waals surface area contributed by atoms with E-state index in [1.165, 1.54) is 4.90 Å². The number of halogens is 3. The Labute approximate surface area is 172 Å². The summed E-state index contributed by atoms with van der Waals surface area (Å²) in [6.07, 6.45) is 0.411. The van der Waals surface area contributed by atoms with Crippen molar-refractivity contribution in [2.45, 2.75) is 12.5 Å². The third-order valence-electron chi connectivity index (χ3n) is 4.68. The van der Waals surface area contributed by atoms with Crippen LogP contribution < -0.4 is 10.6 Å². The minimum absolute atomic E-state index is 0.242. The van der Waals surface area contributed by atoms with Crippen molar-refractivity contribution in [3.8, 4) is 11.1 Å². The molecular formula is C21H15Cl3N2O. The van der Waals surface area contributed by atoms with Crippen LogP contribution in [0.4, 0.5) is 11.4 Å². The summed E-state index contributed by atoms with van der Waals surface area (Å²) >= 11 is 19.2. The first kappa shape index (κ1) is 18.3. The second-order valence-corrected chi connectivity index (χ2v) is 7.56. The quantitative estimate of drug-likeness (QED) is 0.567. The molecule has 2 N–H and O–H groups in total. The van der Waals surface area contributed by atoms with Crippen LogP contribution in [0.5, 0.6) is 0 Å².